The number of piperazine rings is 1. The summed E-state index contributed by atoms with van der Waals surface area (Å²) in [6.07, 6.45) is 1.57. The molecule has 1 saturated heterocycles. The van der Waals surface area contributed by atoms with Gasteiger partial charge in [0.25, 0.3) is 5.91 Å². The van der Waals surface area contributed by atoms with E-state index in [1.165, 1.54) is 27.1 Å². The third kappa shape index (κ3) is 4.24. The molecule has 1 aliphatic rings. The van der Waals surface area contributed by atoms with E-state index < -0.39 is 10.0 Å². The quantitative estimate of drug-likeness (QED) is 0.633. The number of benzene rings is 2. The summed E-state index contributed by atoms with van der Waals surface area (Å²) in [5.74, 6) is -0.540. The van der Waals surface area contributed by atoms with Crippen LogP contribution in [0.1, 0.15) is 15.2 Å². The predicted molar refractivity (Wildman–Crippen MR) is 114 cm³/mol. The third-order valence-electron chi connectivity index (χ3n) is 4.84. The van der Waals surface area contributed by atoms with Crippen molar-refractivity contribution in [3.8, 4) is 0 Å². The van der Waals surface area contributed by atoms with Crippen LogP contribution in [0.15, 0.2) is 60.0 Å². The molecule has 1 aliphatic heterocycles. The first-order chi connectivity index (χ1) is 13.9. The number of carbonyl (C=O) groups excluding carboxylic acids is 1. The first-order valence-electron chi connectivity index (χ1n) is 9.15. The fraction of sp³-hybridized carbons (Fsp3) is 0.190. The Bertz CT molecular complexity index is 1170. The highest BCUT2D eigenvalue weighted by atomic mass is 32.2. The summed E-state index contributed by atoms with van der Waals surface area (Å²) in [6, 6.07) is 15.6. The average molecular weight is 431 g/mol. The summed E-state index contributed by atoms with van der Waals surface area (Å²) in [7, 11) is -3.55. The lowest BCUT2D eigenvalue weighted by Crippen LogP contribution is -2.49. The standard InChI is InChI=1S/C21H19FN2O3S2/c22-18-7-4-8-19-17(18)15-20(28-19)21(25)23-10-12-24(13-11-23)29(26,27)14-9-16-5-2-1-3-6-16/h1-9,14-15H,10-13H2. The maximum atomic E-state index is 13.9. The molecule has 1 aromatic heterocycles. The summed E-state index contributed by atoms with van der Waals surface area (Å²) in [5, 5.41) is 1.64. The van der Waals surface area contributed by atoms with E-state index in [0.29, 0.717) is 23.4 Å². The number of sulfonamides is 1. The van der Waals surface area contributed by atoms with Gasteiger partial charge in [0.05, 0.1) is 4.88 Å². The van der Waals surface area contributed by atoms with Crippen LogP contribution >= 0.6 is 11.3 Å². The van der Waals surface area contributed by atoms with E-state index in [9.17, 15) is 17.6 Å². The van der Waals surface area contributed by atoms with Gasteiger partial charge in [-0.1, -0.05) is 36.4 Å². The van der Waals surface area contributed by atoms with E-state index in [1.807, 2.05) is 30.3 Å². The molecule has 4 rings (SSSR count). The molecular weight excluding hydrogens is 411 g/mol. The fourth-order valence-corrected chi connectivity index (χ4v) is 5.46. The minimum absolute atomic E-state index is 0.192. The molecule has 2 heterocycles. The highest BCUT2D eigenvalue weighted by Crippen LogP contribution is 2.28. The summed E-state index contributed by atoms with van der Waals surface area (Å²) in [6.45, 7) is 1.06. The van der Waals surface area contributed by atoms with E-state index in [-0.39, 0.29) is 24.8 Å². The number of thiophene rings is 1. The molecule has 1 fully saturated rings. The molecule has 8 heteroatoms. The smallest absolute Gasteiger partial charge is 0.264 e. The number of halogens is 1. The number of hydrogen-bond donors (Lipinski definition) is 0. The summed E-state index contributed by atoms with van der Waals surface area (Å²) in [5.41, 5.74) is 0.807. The Labute approximate surface area is 172 Å². The molecule has 0 aliphatic carbocycles. The molecule has 0 N–H and O–H groups in total. The topological polar surface area (TPSA) is 57.7 Å². The minimum atomic E-state index is -3.55. The minimum Gasteiger partial charge on any atom is -0.335 e. The van der Waals surface area contributed by atoms with Crippen LogP contribution in [-0.4, -0.2) is 49.7 Å². The number of amides is 1. The maximum Gasteiger partial charge on any atom is 0.264 e. The van der Waals surface area contributed by atoms with Crippen LogP contribution in [-0.2, 0) is 10.0 Å². The first-order valence-corrected chi connectivity index (χ1v) is 11.5. The monoisotopic (exact) mass is 430 g/mol. The van der Waals surface area contributed by atoms with E-state index in [2.05, 4.69) is 0 Å². The number of nitrogens with zero attached hydrogens (tertiary/aromatic N) is 2. The molecule has 3 aromatic rings. The zero-order chi connectivity index (χ0) is 20.4. The van der Waals surface area contributed by atoms with Crippen molar-refractivity contribution >= 4 is 43.4 Å². The Morgan fingerprint density at radius 1 is 1.00 bits per heavy atom. The summed E-state index contributed by atoms with van der Waals surface area (Å²) >= 11 is 1.25. The van der Waals surface area contributed by atoms with Crippen LogP contribution in [0.4, 0.5) is 4.39 Å². The lowest BCUT2D eigenvalue weighted by atomic mass is 10.2. The van der Waals surface area contributed by atoms with Crippen LogP contribution < -0.4 is 0 Å². The Balaban J connectivity index is 1.42. The van der Waals surface area contributed by atoms with Gasteiger partial charge < -0.3 is 4.90 Å². The number of carbonyl (C=O) groups is 1. The molecule has 150 valence electrons. The van der Waals surface area contributed by atoms with E-state index in [0.717, 1.165) is 10.3 Å². The predicted octanol–water partition coefficient (Wildman–Crippen LogP) is 3.80. The van der Waals surface area contributed by atoms with E-state index >= 15 is 0 Å². The van der Waals surface area contributed by atoms with Crippen molar-refractivity contribution in [2.45, 2.75) is 0 Å². The van der Waals surface area contributed by atoms with Crippen LogP contribution in [0.2, 0.25) is 0 Å². The van der Waals surface area contributed by atoms with Crippen molar-refractivity contribution < 1.29 is 17.6 Å². The molecular formula is C21H19FN2O3S2. The molecule has 0 spiro atoms. The molecule has 0 unspecified atom stereocenters. The SMILES string of the molecule is O=C(c1cc2c(F)cccc2s1)N1CCN(S(=O)(=O)C=Cc2ccccc2)CC1. The van der Waals surface area contributed by atoms with Crippen molar-refractivity contribution in [2.24, 2.45) is 0 Å². The van der Waals surface area contributed by atoms with Gasteiger partial charge >= 0.3 is 0 Å². The summed E-state index contributed by atoms with van der Waals surface area (Å²) < 4.78 is 41.1. The van der Waals surface area contributed by atoms with Gasteiger partial charge in [-0.15, -0.1) is 11.3 Å². The lowest BCUT2D eigenvalue weighted by Gasteiger charge is -2.33. The van der Waals surface area contributed by atoms with Crippen molar-refractivity contribution in [2.75, 3.05) is 26.2 Å². The number of hydrogen-bond acceptors (Lipinski definition) is 4. The van der Waals surface area contributed by atoms with Crippen LogP contribution in [0.3, 0.4) is 0 Å². The highest BCUT2D eigenvalue weighted by molar-refractivity contribution is 7.92. The van der Waals surface area contributed by atoms with Gasteiger partial charge in [-0.3, -0.25) is 4.79 Å². The van der Waals surface area contributed by atoms with Gasteiger partial charge in [0.15, 0.2) is 0 Å². The van der Waals surface area contributed by atoms with Gasteiger partial charge in [-0.25, -0.2) is 12.8 Å². The largest absolute Gasteiger partial charge is 0.335 e. The molecule has 0 bridgehead atoms. The molecule has 2 aromatic carbocycles. The van der Waals surface area contributed by atoms with Gasteiger partial charge in [-0.2, -0.15) is 4.31 Å². The van der Waals surface area contributed by atoms with Crippen LogP contribution in [0.5, 0.6) is 0 Å². The Kier molecular flexibility index (Phi) is 5.49. The van der Waals surface area contributed by atoms with Gasteiger partial charge in [0.1, 0.15) is 5.82 Å². The van der Waals surface area contributed by atoms with Crippen molar-refractivity contribution in [1.82, 2.24) is 9.21 Å². The Hall–Kier alpha value is -2.55. The van der Waals surface area contributed by atoms with Crippen LogP contribution in [0, 0.1) is 5.82 Å². The summed E-state index contributed by atoms with van der Waals surface area (Å²) in [4.78, 5) is 14.9. The Morgan fingerprint density at radius 2 is 1.72 bits per heavy atom. The third-order valence-corrected chi connectivity index (χ3v) is 7.49. The maximum absolute atomic E-state index is 13.9. The number of rotatable bonds is 4. The normalized spacial score (nSPS) is 16.0. The average Bonchev–Trinajstić information content (AvgIpc) is 3.18. The lowest BCUT2D eigenvalue weighted by molar-refractivity contribution is 0.0703. The van der Waals surface area contributed by atoms with E-state index in [4.69, 9.17) is 0 Å². The van der Waals surface area contributed by atoms with Gasteiger partial charge in [0, 0.05) is 41.7 Å². The van der Waals surface area contributed by atoms with Crippen molar-refractivity contribution in [3.05, 3.63) is 76.3 Å². The zero-order valence-corrected chi connectivity index (χ0v) is 17.1. The van der Waals surface area contributed by atoms with Crippen molar-refractivity contribution in [1.29, 1.82) is 0 Å². The second kappa shape index (κ2) is 8.06. The zero-order valence-electron chi connectivity index (χ0n) is 15.5. The molecule has 0 radical (unpaired) electrons. The molecule has 0 atom stereocenters. The number of fused-ring (bicyclic) bond motifs is 1. The van der Waals surface area contributed by atoms with Gasteiger partial charge in [0.2, 0.25) is 10.0 Å². The second-order valence-corrected chi connectivity index (χ2v) is 9.61. The molecule has 1 amide bonds. The first kappa shape index (κ1) is 19.8. The second-order valence-electron chi connectivity index (χ2n) is 6.71. The molecule has 0 saturated carbocycles. The fourth-order valence-electron chi connectivity index (χ4n) is 3.25. The Morgan fingerprint density at radius 3 is 2.41 bits per heavy atom. The van der Waals surface area contributed by atoms with E-state index in [1.54, 1.807) is 29.2 Å². The molecule has 29 heavy (non-hydrogen) atoms. The van der Waals surface area contributed by atoms with Crippen LogP contribution in [0.25, 0.3) is 16.2 Å². The van der Waals surface area contributed by atoms with Gasteiger partial charge in [-0.05, 0) is 29.8 Å². The molecule has 5 nitrogen and oxygen atoms in total. The highest BCUT2D eigenvalue weighted by Gasteiger charge is 2.28. The van der Waals surface area contributed by atoms with Crippen molar-refractivity contribution in [3.63, 3.8) is 0 Å².